The summed E-state index contributed by atoms with van der Waals surface area (Å²) in [6.45, 7) is 0.381. The summed E-state index contributed by atoms with van der Waals surface area (Å²) in [4.78, 5) is 12.4. The SMILES string of the molecule is O=C(NCc1cnn(-c2ccc(Cl)cc2)c1)c1coc2ccccc12. The minimum atomic E-state index is -0.177. The van der Waals surface area contributed by atoms with E-state index in [1.807, 2.05) is 54.7 Å². The first-order valence-corrected chi connectivity index (χ1v) is 8.12. The normalized spacial score (nSPS) is 10.9. The Morgan fingerprint density at radius 1 is 1.16 bits per heavy atom. The van der Waals surface area contributed by atoms with Crippen molar-refractivity contribution in [2.24, 2.45) is 0 Å². The number of para-hydroxylation sites is 1. The van der Waals surface area contributed by atoms with Crippen LogP contribution in [0.5, 0.6) is 0 Å². The Bertz CT molecular complexity index is 1030. The Kier molecular flexibility index (Phi) is 3.99. The third-order valence-corrected chi connectivity index (χ3v) is 4.16. The van der Waals surface area contributed by atoms with E-state index in [0.717, 1.165) is 16.6 Å². The third kappa shape index (κ3) is 3.14. The van der Waals surface area contributed by atoms with Gasteiger partial charge in [0.25, 0.3) is 5.91 Å². The standard InChI is InChI=1S/C19H14ClN3O2/c20-14-5-7-15(8-6-14)23-11-13(10-22-23)9-21-19(24)17-12-25-18-4-2-1-3-16(17)18/h1-8,10-12H,9H2,(H,21,24). The summed E-state index contributed by atoms with van der Waals surface area (Å²) in [6.07, 6.45) is 5.08. The topological polar surface area (TPSA) is 60.1 Å². The van der Waals surface area contributed by atoms with Gasteiger partial charge in [-0.2, -0.15) is 5.10 Å². The van der Waals surface area contributed by atoms with Crippen molar-refractivity contribution in [3.05, 3.63) is 83.3 Å². The summed E-state index contributed by atoms with van der Waals surface area (Å²) in [7, 11) is 0. The number of carbonyl (C=O) groups is 1. The summed E-state index contributed by atoms with van der Waals surface area (Å²) < 4.78 is 7.15. The first kappa shape index (κ1) is 15.5. The van der Waals surface area contributed by atoms with Gasteiger partial charge < -0.3 is 9.73 Å². The van der Waals surface area contributed by atoms with Gasteiger partial charge in [-0.1, -0.05) is 29.8 Å². The fourth-order valence-electron chi connectivity index (χ4n) is 2.62. The van der Waals surface area contributed by atoms with Crippen LogP contribution in [0.1, 0.15) is 15.9 Å². The molecular weight excluding hydrogens is 338 g/mol. The molecule has 0 bridgehead atoms. The van der Waals surface area contributed by atoms with Crippen LogP contribution in [-0.4, -0.2) is 15.7 Å². The molecule has 2 aromatic carbocycles. The van der Waals surface area contributed by atoms with E-state index in [9.17, 15) is 4.79 Å². The molecule has 5 nitrogen and oxygen atoms in total. The van der Waals surface area contributed by atoms with E-state index in [-0.39, 0.29) is 5.91 Å². The third-order valence-electron chi connectivity index (χ3n) is 3.91. The van der Waals surface area contributed by atoms with Crippen LogP contribution in [0.4, 0.5) is 0 Å². The van der Waals surface area contributed by atoms with Crippen molar-refractivity contribution in [2.75, 3.05) is 0 Å². The highest BCUT2D eigenvalue weighted by atomic mass is 35.5. The maximum atomic E-state index is 12.4. The van der Waals surface area contributed by atoms with Gasteiger partial charge in [-0.3, -0.25) is 4.79 Å². The van der Waals surface area contributed by atoms with Gasteiger partial charge >= 0.3 is 0 Å². The number of rotatable bonds is 4. The molecule has 2 heterocycles. The van der Waals surface area contributed by atoms with Crippen molar-refractivity contribution in [3.63, 3.8) is 0 Å². The van der Waals surface area contributed by atoms with Crippen LogP contribution < -0.4 is 5.32 Å². The summed E-state index contributed by atoms with van der Waals surface area (Å²) in [6, 6.07) is 14.8. The number of hydrogen-bond acceptors (Lipinski definition) is 3. The zero-order chi connectivity index (χ0) is 17.2. The molecule has 2 aromatic heterocycles. The lowest BCUT2D eigenvalue weighted by molar-refractivity contribution is 0.0951. The number of carbonyl (C=O) groups excluding carboxylic acids is 1. The Morgan fingerprint density at radius 3 is 2.80 bits per heavy atom. The average molecular weight is 352 g/mol. The minimum Gasteiger partial charge on any atom is -0.463 e. The molecule has 0 fully saturated rings. The Morgan fingerprint density at radius 2 is 1.96 bits per heavy atom. The smallest absolute Gasteiger partial charge is 0.255 e. The molecule has 6 heteroatoms. The lowest BCUT2D eigenvalue weighted by Crippen LogP contribution is -2.22. The fraction of sp³-hybridized carbons (Fsp3) is 0.0526. The zero-order valence-corrected chi connectivity index (χ0v) is 13.9. The molecule has 0 aliphatic rings. The molecule has 0 atom stereocenters. The van der Waals surface area contributed by atoms with E-state index in [1.165, 1.54) is 6.26 Å². The molecule has 0 aliphatic heterocycles. The van der Waals surface area contributed by atoms with E-state index in [2.05, 4.69) is 10.4 Å². The maximum Gasteiger partial charge on any atom is 0.255 e. The van der Waals surface area contributed by atoms with Crippen LogP contribution in [-0.2, 0) is 6.54 Å². The Labute approximate surface area is 148 Å². The van der Waals surface area contributed by atoms with Crippen molar-refractivity contribution in [2.45, 2.75) is 6.54 Å². The summed E-state index contributed by atoms with van der Waals surface area (Å²) >= 11 is 5.89. The van der Waals surface area contributed by atoms with Crippen LogP contribution in [0.2, 0.25) is 5.02 Å². The van der Waals surface area contributed by atoms with E-state index in [1.54, 1.807) is 10.9 Å². The summed E-state index contributed by atoms with van der Waals surface area (Å²) in [5, 5.41) is 8.68. The fourth-order valence-corrected chi connectivity index (χ4v) is 2.74. The largest absolute Gasteiger partial charge is 0.463 e. The van der Waals surface area contributed by atoms with Crippen molar-refractivity contribution >= 4 is 28.5 Å². The number of amides is 1. The molecule has 0 saturated heterocycles. The molecule has 0 aliphatic carbocycles. The molecule has 0 unspecified atom stereocenters. The van der Waals surface area contributed by atoms with Crippen LogP contribution in [0.15, 0.2) is 71.6 Å². The molecule has 0 saturated carbocycles. The first-order chi connectivity index (χ1) is 12.2. The van der Waals surface area contributed by atoms with Gasteiger partial charge in [-0.05, 0) is 30.3 Å². The molecular formula is C19H14ClN3O2. The summed E-state index contributed by atoms with van der Waals surface area (Å²) in [5.41, 5.74) is 3.03. The van der Waals surface area contributed by atoms with Crippen molar-refractivity contribution in [3.8, 4) is 5.69 Å². The van der Waals surface area contributed by atoms with Crippen LogP contribution in [0.3, 0.4) is 0 Å². The molecule has 0 spiro atoms. The van der Waals surface area contributed by atoms with Crippen LogP contribution in [0, 0.1) is 0 Å². The number of nitrogens with one attached hydrogen (secondary N) is 1. The molecule has 4 aromatic rings. The van der Waals surface area contributed by atoms with Gasteiger partial charge in [-0.15, -0.1) is 0 Å². The second kappa shape index (κ2) is 6.45. The Balaban J connectivity index is 1.46. The van der Waals surface area contributed by atoms with Gasteiger partial charge in [-0.25, -0.2) is 4.68 Å². The van der Waals surface area contributed by atoms with Gasteiger partial charge in [0.2, 0.25) is 0 Å². The summed E-state index contributed by atoms with van der Waals surface area (Å²) in [5.74, 6) is -0.177. The number of benzene rings is 2. The zero-order valence-electron chi connectivity index (χ0n) is 13.1. The minimum absolute atomic E-state index is 0.177. The highest BCUT2D eigenvalue weighted by Crippen LogP contribution is 2.20. The average Bonchev–Trinajstić information content (AvgIpc) is 3.27. The monoisotopic (exact) mass is 351 g/mol. The molecule has 1 amide bonds. The van der Waals surface area contributed by atoms with Gasteiger partial charge in [0.15, 0.2) is 0 Å². The Hall–Kier alpha value is -3.05. The number of nitrogens with zero attached hydrogens (tertiary/aromatic N) is 2. The predicted octanol–water partition coefficient (Wildman–Crippen LogP) is 4.20. The molecule has 0 radical (unpaired) electrons. The van der Waals surface area contributed by atoms with E-state index < -0.39 is 0 Å². The number of fused-ring (bicyclic) bond motifs is 1. The van der Waals surface area contributed by atoms with Gasteiger partial charge in [0, 0.05) is 28.7 Å². The second-order valence-electron chi connectivity index (χ2n) is 5.60. The molecule has 1 N–H and O–H groups in total. The van der Waals surface area contributed by atoms with Gasteiger partial charge in [0.05, 0.1) is 17.4 Å². The molecule has 25 heavy (non-hydrogen) atoms. The lowest BCUT2D eigenvalue weighted by atomic mass is 10.1. The van der Waals surface area contributed by atoms with Crippen LogP contribution in [0.25, 0.3) is 16.7 Å². The molecule has 4 rings (SSSR count). The highest BCUT2D eigenvalue weighted by Gasteiger charge is 2.13. The van der Waals surface area contributed by atoms with E-state index >= 15 is 0 Å². The molecule has 124 valence electrons. The van der Waals surface area contributed by atoms with E-state index in [0.29, 0.717) is 22.7 Å². The van der Waals surface area contributed by atoms with E-state index in [4.69, 9.17) is 16.0 Å². The van der Waals surface area contributed by atoms with Crippen molar-refractivity contribution in [1.82, 2.24) is 15.1 Å². The highest BCUT2D eigenvalue weighted by molar-refractivity contribution is 6.30. The van der Waals surface area contributed by atoms with Crippen LogP contribution >= 0.6 is 11.6 Å². The maximum absolute atomic E-state index is 12.4. The van der Waals surface area contributed by atoms with Gasteiger partial charge in [0.1, 0.15) is 11.8 Å². The number of halogens is 1. The number of hydrogen-bond donors (Lipinski definition) is 1. The number of furan rings is 1. The second-order valence-corrected chi connectivity index (χ2v) is 6.03. The first-order valence-electron chi connectivity index (χ1n) is 7.74. The quantitative estimate of drug-likeness (QED) is 0.599. The van der Waals surface area contributed by atoms with Crippen molar-refractivity contribution in [1.29, 1.82) is 0 Å². The lowest BCUT2D eigenvalue weighted by Gasteiger charge is -2.02. The number of aromatic nitrogens is 2. The predicted molar refractivity (Wildman–Crippen MR) is 96.0 cm³/mol. The van der Waals surface area contributed by atoms with Crippen molar-refractivity contribution < 1.29 is 9.21 Å².